The first-order chi connectivity index (χ1) is 18.6. The number of esters is 2. The van der Waals surface area contributed by atoms with E-state index in [0.717, 1.165) is 37.1 Å². The van der Waals surface area contributed by atoms with Crippen LogP contribution >= 0.6 is 0 Å². The minimum absolute atomic E-state index is 0.217. The topological polar surface area (TPSA) is 55.8 Å². The monoisotopic (exact) mass is 527 g/mol. The highest BCUT2D eigenvalue weighted by Crippen LogP contribution is 2.44. The fourth-order valence-electron chi connectivity index (χ4n) is 5.56. The van der Waals surface area contributed by atoms with Gasteiger partial charge in [-0.1, -0.05) is 115 Å². The molecule has 0 atom stereocenters. The van der Waals surface area contributed by atoms with Crippen molar-refractivity contribution in [3.8, 4) is 0 Å². The summed E-state index contributed by atoms with van der Waals surface area (Å²) in [6.07, 6.45) is 18.3. The third-order valence-corrected chi connectivity index (χ3v) is 7.64. The quantitative estimate of drug-likeness (QED) is 0.0925. The molecule has 0 bridgehead atoms. The van der Waals surface area contributed by atoms with Gasteiger partial charge >= 0.3 is 11.9 Å². The van der Waals surface area contributed by atoms with Gasteiger partial charge in [0.25, 0.3) is 0 Å². The summed E-state index contributed by atoms with van der Waals surface area (Å²) >= 11 is 0. The van der Waals surface area contributed by atoms with Crippen LogP contribution in [-0.2, 0) is 24.5 Å². The second kappa shape index (κ2) is 18.2. The van der Waals surface area contributed by atoms with Crippen LogP contribution in [0.4, 0.5) is 0 Å². The van der Waals surface area contributed by atoms with Gasteiger partial charge in [-0.3, -0.25) is 14.5 Å². The van der Waals surface area contributed by atoms with Crippen LogP contribution in [0, 0.1) is 0 Å². The van der Waals surface area contributed by atoms with E-state index in [9.17, 15) is 9.59 Å². The van der Waals surface area contributed by atoms with Crippen molar-refractivity contribution in [2.24, 2.45) is 0 Å². The highest BCUT2D eigenvalue weighted by molar-refractivity contribution is 6.13. The average molecular weight is 528 g/mol. The lowest BCUT2D eigenvalue weighted by Crippen LogP contribution is -2.49. The molecule has 0 saturated carbocycles. The van der Waals surface area contributed by atoms with Gasteiger partial charge in [0.1, 0.15) is 0 Å². The molecule has 0 N–H and O–H groups in total. The van der Waals surface area contributed by atoms with E-state index in [1.807, 2.05) is 30.3 Å². The van der Waals surface area contributed by atoms with Gasteiger partial charge in [0.2, 0.25) is 5.41 Å². The standard InChI is InChI=1S/C33H53NO4/c1-5-9-11-13-15-17-21-25-34(24-20-16-14-12-10-6-2)27-29-26-28-22-18-19-23-30(28)33(29,31(35)37-7-3)32(36)38-8-4/h18-19,22-23,26H,5-17,20-21,24-25,27H2,1-4H3. The zero-order valence-corrected chi connectivity index (χ0v) is 24.7. The van der Waals surface area contributed by atoms with Gasteiger partial charge < -0.3 is 9.47 Å². The first-order valence-electron chi connectivity index (χ1n) is 15.4. The minimum Gasteiger partial charge on any atom is -0.465 e. The summed E-state index contributed by atoms with van der Waals surface area (Å²) < 4.78 is 11.1. The van der Waals surface area contributed by atoms with Crippen molar-refractivity contribution in [3.05, 3.63) is 41.0 Å². The fraction of sp³-hybridized carbons (Fsp3) is 0.697. The summed E-state index contributed by atoms with van der Waals surface area (Å²) in [5.74, 6) is -1.05. The van der Waals surface area contributed by atoms with E-state index in [1.54, 1.807) is 13.8 Å². The average Bonchev–Trinajstić information content (AvgIpc) is 3.24. The molecule has 0 amide bonds. The Hall–Kier alpha value is -2.14. The second-order valence-corrected chi connectivity index (χ2v) is 10.6. The molecule has 0 aromatic heterocycles. The summed E-state index contributed by atoms with van der Waals surface area (Å²) in [4.78, 5) is 29.7. The van der Waals surface area contributed by atoms with Crippen molar-refractivity contribution in [2.75, 3.05) is 32.8 Å². The molecule has 0 unspecified atom stereocenters. The molecule has 0 spiro atoms. The molecule has 0 fully saturated rings. The Bertz CT molecular complexity index is 844. The summed E-state index contributed by atoms with van der Waals surface area (Å²) in [7, 11) is 0. The number of nitrogens with zero attached hydrogens (tertiary/aromatic N) is 1. The number of carbonyl (C=O) groups is 2. The van der Waals surface area contributed by atoms with Crippen LogP contribution in [0.25, 0.3) is 6.08 Å². The Morgan fingerprint density at radius 1 is 0.684 bits per heavy atom. The Balaban J connectivity index is 2.23. The van der Waals surface area contributed by atoms with Gasteiger partial charge in [-0.15, -0.1) is 0 Å². The largest absolute Gasteiger partial charge is 0.465 e. The predicted molar refractivity (Wildman–Crippen MR) is 157 cm³/mol. The van der Waals surface area contributed by atoms with E-state index in [-0.39, 0.29) is 13.2 Å². The molecule has 5 nitrogen and oxygen atoms in total. The third kappa shape index (κ3) is 8.97. The normalized spacial score (nSPS) is 13.9. The SMILES string of the molecule is CCCCCCCCCN(CCCCCCCC)CC1=Cc2ccccc2C1(C(=O)OCC)C(=O)OCC. The van der Waals surface area contributed by atoms with Crippen LogP contribution in [0.5, 0.6) is 0 Å². The zero-order chi connectivity index (χ0) is 27.6. The van der Waals surface area contributed by atoms with Crippen LogP contribution in [0.2, 0.25) is 0 Å². The van der Waals surface area contributed by atoms with Gasteiger partial charge in [0.05, 0.1) is 13.2 Å². The van der Waals surface area contributed by atoms with E-state index >= 15 is 0 Å². The lowest BCUT2D eigenvalue weighted by Gasteiger charge is -2.32. The maximum absolute atomic E-state index is 13.6. The number of unbranched alkanes of at least 4 members (excludes halogenated alkanes) is 11. The lowest BCUT2D eigenvalue weighted by molar-refractivity contribution is -0.162. The van der Waals surface area contributed by atoms with Crippen molar-refractivity contribution in [2.45, 2.75) is 117 Å². The Kier molecular flexibility index (Phi) is 15.4. The molecule has 1 aliphatic rings. The Morgan fingerprint density at radius 2 is 1.16 bits per heavy atom. The van der Waals surface area contributed by atoms with Gasteiger partial charge in [-0.2, -0.15) is 0 Å². The third-order valence-electron chi connectivity index (χ3n) is 7.64. The van der Waals surface area contributed by atoms with E-state index in [0.29, 0.717) is 12.1 Å². The lowest BCUT2D eigenvalue weighted by atomic mass is 9.76. The molecule has 38 heavy (non-hydrogen) atoms. The van der Waals surface area contributed by atoms with E-state index in [2.05, 4.69) is 18.7 Å². The highest BCUT2D eigenvalue weighted by atomic mass is 16.6. The summed E-state index contributed by atoms with van der Waals surface area (Å²) in [5.41, 5.74) is 0.841. The molecule has 0 heterocycles. The Labute approximate surface area is 232 Å². The van der Waals surface area contributed by atoms with Crippen LogP contribution < -0.4 is 0 Å². The molecule has 0 saturated heterocycles. The van der Waals surface area contributed by atoms with Crippen molar-refractivity contribution < 1.29 is 19.1 Å². The van der Waals surface area contributed by atoms with Crippen LogP contribution in [0.15, 0.2) is 29.8 Å². The molecular weight excluding hydrogens is 474 g/mol. The maximum atomic E-state index is 13.6. The molecule has 1 aliphatic carbocycles. The van der Waals surface area contributed by atoms with E-state index in [1.165, 1.54) is 70.6 Å². The van der Waals surface area contributed by atoms with Crippen LogP contribution in [0.1, 0.15) is 122 Å². The summed E-state index contributed by atoms with van der Waals surface area (Å²) in [6.45, 7) is 11.0. The van der Waals surface area contributed by atoms with Gasteiger partial charge in [0.15, 0.2) is 0 Å². The summed E-state index contributed by atoms with van der Waals surface area (Å²) in [6, 6.07) is 7.69. The smallest absolute Gasteiger partial charge is 0.332 e. The van der Waals surface area contributed by atoms with Crippen molar-refractivity contribution >= 4 is 18.0 Å². The first-order valence-corrected chi connectivity index (χ1v) is 15.4. The van der Waals surface area contributed by atoms with E-state index < -0.39 is 17.4 Å². The Morgan fingerprint density at radius 3 is 1.66 bits per heavy atom. The van der Waals surface area contributed by atoms with Crippen LogP contribution in [-0.4, -0.2) is 49.7 Å². The number of hydrogen-bond donors (Lipinski definition) is 0. The molecule has 5 heteroatoms. The number of benzene rings is 1. The molecule has 0 aliphatic heterocycles. The van der Waals surface area contributed by atoms with Gasteiger partial charge in [-0.05, 0) is 56.5 Å². The number of fused-ring (bicyclic) bond motifs is 1. The predicted octanol–water partition coefficient (Wildman–Crippen LogP) is 7.86. The van der Waals surface area contributed by atoms with E-state index in [4.69, 9.17) is 9.47 Å². The molecule has 2 rings (SSSR count). The first kappa shape index (κ1) is 32.1. The highest BCUT2D eigenvalue weighted by Gasteiger charge is 2.57. The molecule has 1 aromatic rings. The number of hydrogen-bond acceptors (Lipinski definition) is 5. The fourth-order valence-corrected chi connectivity index (χ4v) is 5.56. The second-order valence-electron chi connectivity index (χ2n) is 10.6. The van der Waals surface area contributed by atoms with Crippen molar-refractivity contribution in [1.29, 1.82) is 0 Å². The van der Waals surface area contributed by atoms with Gasteiger partial charge in [-0.25, -0.2) is 0 Å². The van der Waals surface area contributed by atoms with Gasteiger partial charge in [0, 0.05) is 6.54 Å². The summed E-state index contributed by atoms with van der Waals surface area (Å²) in [5, 5.41) is 0. The van der Waals surface area contributed by atoms with Crippen molar-refractivity contribution in [1.82, 2.24) is 4.90 Å². The number of ether oxygens (including phenoxy) is 2. The molecule has 1 aromatic carbocycles. The molecule has 214 valence electrons. The minimum atomic E-state index is -1.53. The molecular formula is C33H53NO4. The zero-order valence-electron chi connectivity index (χ0n) is 24.7. The number of carbonyl (C=O) groups excluding carboxylic acids is 2. The molecule has 0 radical (unpaired) electrons. The maximum Gasteiger partial charge on any atom is 0.332 e. The number of rotatable bonds is 21. The van der Waals surface area contributed by atoms with Crippen molar-refractivity contribution in [3.63, 3.8) is 0 Å². The van der Waals surface area contributed by atoms with Crippen LogP contribution in [0.3, 0.4) is 0 Å².